The molecular weight excluding hydrogens is 453 g/mol. The molecule has 10 heteroatoms. The van der Waals surface area contributed by atoms with E-state index in [1.54, 1.807) is 15.0 Å². The molecule has 5 rings (SSSR count). The second-order valence-corrected chi connectivity index (χ2v) is 12.5. The Balaban J connectivity index is 1.29. The molecule has 172 valence electrons. The zero-order valence-corrected chi connectivity index (χ0v) is 20.4. The van der Waals surface area contributed by atoms with Crippen LogP contribution >= 0.6 is 11.8 Å². The van der Waals surface area contributed by atoms with Crippen LogP contribution in [-0.2, 0) is 10.0 Å². The van der Waals surface area contributed by atoms with E-state index in [4.69, 9.17) is 12.8 Å². The number of hydrogen-bond acceptors (Lipinski definition) is 6. The molecule has 1 unspecified atom stereocenters. The van der Waals surface area contributed by atoms with Gasteiger partial charge < -0.3 is 5.32 Å². The van der Waals surface area contributed by atoms with E-state index in [0.717, 1.165) is 49.3 Å². The Labute approximate surface area is 200 Å². The first-order chi connectivity index (χ1) is 15.9. The first kappa shape index (κ1) is 22.7. The van der Waals surface area contributed by atoms with Crippen molar-refractivity contribution in [2.45, 2.75) is 43.6 Å². The fourth-order valence-corrected chi connectivity index (χ4v) is 7.81. The molecule has 2 aromatic heterocycles. The highest BCUT2D eigenvalue weighted by molar-refractivity contribution is 8.14. The molecule has 1 fully saturated rings. The second kappa shape index (κ2) is 9.31. The molecule has 3 aliphatic rings. The number of fused-ring (bicyclic) bond motifs is 1. The Morgan fingerprint density at radius 3 is 2.82 bits per heavy atom. The van der Waals surface area contributed by atoms with Gasteiger partial charge in [0, 0.05) is 31.9 Å². The van der Waals surface area contributed by atoms with Gasteiger partial charge >= 0.3 is 0 Å². The molecule has 4 heterocycles. The van der Waals surface area contributed by atoms with Gasteiger partial charge in [0.05, 0.1) is 5.69 Å². The number of sulfonamides is 1. The van der Waals surface area contributed by atoms with Crippen molar-refractivity contribution in [2.24, 2.45) is 5.92 Å². The molecule has 0 saturated carbocycles. The van der Waals surface area contributed by atoms with Crippen molar-refractivity contribution in [3.8, 4) is 0 Å². The minimum absolute atomic E-state index is 0.354. The maximum absolute atomic E-state index is 12.8. The molecule has 0 aromatic carbocycles. The molecule has 0 bridgehead atoms. The van der Waals surface area contributed by atoms with Gasteiger partial charge in [-0.2, -0.15) is 9.61 Å². The van der Waals surface area contributed by atoms with Crippen molar-refractivity contribution in [1.82, 2.24) is 18.9 Å². The molecule has 2 radical (unpaired) electrons. The monoisotopic (exact) mass is 481 g/mol. The van der Waals surface area contributed by atoms with Crippen LogP contribution in [-0.4, -0.2) is 59.4 Å². The maximum Gasteiger partial charge on any atom is 0.227 e. The predicted octanol–water partition coefficient (Wildman–Crippen LogP) is 3.08. The second-order valence-electron chi connectivity index (χ2n) is 8.94. The minimum atomic E-state index is -3.24. The van der Waals surface area contributed by atoms with Gasteiger partial charge in [0.2, 0.25) is 10.0 Å². The normalized spacial score (nSPS) is 22.5. The molecule has 1 atom stereocenters. The number of allylic oxidation sites excluding steroid dienone is 5. The van der Waals surface area contributed by atoms with E-state index in [1.165, 1.54) is 17.3 Å². The van der Waals surface area contributed by atoms with Crippen LogP contribution in [0.4, 0.5) is 5.82 Å². The van der Waals surface area contributed by atoms with Crippen LogP contribution in [0.3, 0.4) is 0 Å². The SMILES string of the molecule is [B]c1cnn2c(NCC3CCN(S(=O)(=O)C4CC=CS4)CC3)cc(C3=C(C)CCC=C3)nc12. The van der Waals surface area contributed by atoms with Gasteiger partial charge in [-0.15, -0.1) is 11.8 Å². The molecule has 0 amide bonds. The third kappa shape index (κ3) is 4.52. The van der Waals surface area contributed by atoms with E-state index in [1.807, 2.05) is 17.6 Å². The van der Waals surface area contributed by atoms with Crippen molar-refractivity contribution >= 4 is 52.1 Å². The van der Waals surface area contributed by atoms with Crippen molar-refractivity contribution < 1.29 is 8.42 Å². The Hall–Kier alpha value is -2.04. The van der Waals surface area contributed by atoms with Crippen molar-refractivity contribution in [3.63, 3.8) is 0 Å². The molecule has 2 aromatic rings. The summed E-state index contributed by atoms with van der Waals surface area (Å²) in [4.78, 5) is 4.78. The Bertz CT molecular complexity index is 1240. The third-order valence-electron chi connectivity index (χ3n) is 6.70. The number of hydrogen-bond donors (Lipinski definition) is 1. The molecule has 0 spiro atoms. The summed E-state index contributed by atoms with van der Waals surface area (Å²) in [6.45, 7) is 4.06. The lowest BCUT2D eigenvalue weighted by atomic mass is 9.96. The Morgan fingerprint density at radius 2 is 2.09 bits per heavy atom. The number of anilines is 1. The van der Waals surface area contributed by atoms with E-state index in [-0.39, 0.29) is 4.58 Å². The summed E-state index contributed by atoms with van der Waals surface area (Å²) in [6.07, 6.45) is 12.3. The predicted molar refractivity (Wildman–Crippen MR) is 136 cm³/mol. The zero-order valence-electron chi connectivity index (χ0n) is 18.8. The fourth-order valence-electron chi connectivity index (χ4n) is 4.67. The van der Waals surface area contributed by atoms with Crippen LogP contribution in [0.5, 0.6) is 0 Å². The maximum atomic E-state index is 12.8. The summed E-state index contributed by atoms with van der Waals surface area (Å²) < 4.78 is 28.8. The lowest BCUT2D eigenvalue weighted by Crippen LogP contribution is -2.43. The molecule has 2 aliphatic heterocycles. The molecule has 33 heavy (non-hydrogen) atoms. The average molecular weight is 481 g/mol. The largest absolute Gasteiger partial charge is 0.370 e. The van der Waals surface area contributed by atoms with Gasteiger partial charge in [0.1, 0.15) is 18.2 Å². The van der Waals surface area contributed by atoms with Crippen LogP contribution in [0, 0.1) is 5.92 Å². The number of rotatable bonds is 6. The highest BCUT2D eigenvalue weighted by Crippen LogP contribution is 2.33. The minimum Gasteiger partial charge on any atom is -0.370 e. The summed E-state index contributed by atoms with van der Waals surface area (Å²) in [6, 6.07) is 2.04. The number of piperidine rings is 1. The lowest BCUT2D eigenvalue weighted by Gasteiger charge is -2.33. The molecule has 1 saturated heterocycles. The number of aromatic nitrogens is 3. The summed E-state index contributed by atoms with van der Waals surface area (Å²) >= 11 is 1.41. The highest BCUT2D eigenvalue weighted by atomic mass is 32.3. The Kier molecular flexibility index (Phi) is 6.42. The fraction of sp³-hybridized carbons (Fsp3) is 0.478. The average Bonchev–Trinajstić information content (AvgIpc) is 3.49. The van der Waals surface area contributed by atoms with E-state index in [2.05, 4.69) is 29.5 Å². The highest BCUT2D eigenvalue weighted by Gasteiger charge is 2.35. The van der Waals surface area contributed by atoms with Crippen LogP contribution in [0.2, 0.25) is 0 Å². The first-order valence-corrected chi connectivity index (χ1v) is 13.9. The smallest absolute Gasteiger partial charge is 0.227 e. The summed E-state index contributed by atoms with van der Waals surface area (Å²) in [5, 5.41) is 9.86. The van der Waals surface area contributed by atoms with E-state index in [0.29, 0.717) is 36.5 Å². The quantitative estimate of drug-likeness (QED) is 0.639. The van der Waals surface area contributed by atoms with Crippen molar-refractivity contribution in [3.05, 3.63) is 47.2 Å². The van der Waals surface area contributed by atoms with Crippen LogP contribution in [0.15, 0.2) is 41.5 Å². The van der Waals surface area contributed by atoms with Gasteiger partial charge in [-0.05, 0) is 61.4 Å². The first-order valence-electron chi connectivity index (χ1n) is 11.5. The van der Waals surface area contributed by atoms with Gasteiger partial charge in [0.15, 0.2) is 5.65 Å². The molecule has 1 aliphatic carbocycles. The molecule has 7 nitrogen and oxygen atoms in total. The van der Waals surface area contributed by atoms with Crippen LogP contribution < -0.4 is 10.8 Å². The van der Waals surface area contributed by atoms with E-state index >= 15 is 0 Å². The van der Waals surface area contributed by atoms with Gasteiger partial charge in [0.25, 0.3) is 0 Å². The zero-order chi connectivity index (χ0) is 23.0. The Morgan fingerprint density at radius 1 is 1.27 bits per heavy atom. The topological polar surface area (TPSA) is 79.6 Å². The van der Waals surface area contributed by atoms with Gasteiger partial charge in [-0.25, -0.2) is 17.7 Å². The van der Waals surface area contributed by atoms with Crippen LogP contribution in [0.25, 0.3) is 11.2 Å². The number of nitrogens with one attached hydrogen (secondary N) is 1. The van der Waals surface area contributed by atoms with Crippen LogP contribution in [0.1, 0.15) is 44.7 Å². The van der Waals surface area contributed by atoms with Gasteiger partial charge in [-0.3, -0.25) is 0 Å². The molecular formula is C23H28BN5O2S2. The molecule has 1 N–H and O–H groups in total. The summed E-state index contributed by atoms with van der Waals surface area (Å²) in [7, 11) is 2.91. The summed E-state index contributed by atoms with van der Waals surface area (Å²) in [5.74, 6) is 1.25. The van der Waals surface area contributed by atoms with Crippen molar-refractivity contribution in [1.29, 1.82) is 0 Å². The van der Waals surface area contributed by atoms with Gasteiger partial charge in [-0.1, -0.05) is 23.8 Å². The van der Waals surface area contributed by atoms with E-state index in [9.17, 15) is 8.42 Å². The third-order valence-corrected chi connectivity index (χ3v) is 10.5. The standard InChI is InChI=1S/C23H28BN5O2S2/c1-16-5-2-3-6-18(16)20-13-21(29-23(27-20)19(24)15-26-29)25-14-17-8-10-28(11-9-17)33(30,31)22-7-4-12-32-22/h3-4,6,12-13,15,17,22,25H,2,5,7-11,14H2,1H3. The number of thioether (sulfide) groups is 1. The lowest BCUT2D eigenvalue weighted by molar-refractivity contribution is 0.281. The number of nitrogens with zero attached hydrogens (tertiary/aromatic N) is 4. The van der Waals surface area contributed by atoms with E-state index < -0.39 is 10.0 Å². The van der Waals surface area contributed by atoms with Crippen molar-refractivity contribution in [2.75, 3.05) is 25.0 Å². The summed E-state index contributed by atoms with van der Waals surface area (Å²) in [5.41, 5.74) is 4.57.